The van der Waals surface area contributed by atoms with E-state index in [0.29, 0.717) is 6.04 Å². The first-order valence-corrected chi connectivity index (χ1v) is 5.09. The smallest absolute Gasteiger partial charge is 0.251 e. The molecule has 1 saturated heterocycles. The Labute approximate surface area is 78.4 Å². The number of carbonyl (C=O) groups excluding carboxylic acids is 1. The van der Waals surface area contributed by atoms with Crippen LogP contribution in [0.5, 0.6) is 0 Å². The van der Waals surface area contributed by atoms with Crippen LogP contribution in [0.1, 0.15) is 32.1 Å². The van der Waals surface area contributed by atoms with E-state index in [4.69, 9.17) is 5.84 Å². The number of likely N-dealkylation sites (tertiary alicyclic amines) is 1. The molecule has 4 nitrogen and oxygen atoms in total. The Morgan fingerprint density at radius 2 is 2.00 bits per heavy atom. The van der Waals surface area contributed by atoms with Gasteiger partial charge in [-0.3, -0.25) is 15.1 Å². The minimum absolute atomic E-state index is 0.0156. The zero-order valence-electron chi connectivity index (χ0n) is 7.83. The number of hydrazine groups is 1. The maximum atomic E-state index is 11.3. The largest absolute Gasteiger partial charge is 0.293 e. The van der Waals surface area contributed by atoms with E-state index in [2.05, 4.69) is 10.3 Å². The summed E-state index contributed by atoms with van der Waals surface area (Å²) in [5, 5.41) is 0. The molecular formula is C9H17N3O. The molecule has 1 heterocycles. The molecule has 1 amide bonds. The molecule has 1 aliphatic carbocycles. The van der Waals surface area contributed by atoms with Crippen molar-refractivity contribution in [2.75, 3.05) is 6.54 Å². The maximum Gasteiger partial charge on any atom is 0.251 e. The minimum atomic E-state index is -0.0156. The van der Waals surface area contributed by atoms with E-state index in [9.17, 15) is 4.79 Å². The van der Waals surface area contributed by atoms with Gasteiger partial charge in [0, 0.05) is 12.6 Å². The highest BCUT2D eigenvalue weighted by Crippen LogP contribution is 2.30. The summed E-state index contributed by atoms with van der Waals surface area (Å²) in [7, 11) is 0. The van der Waals surface area contributed by atoms with E-state index in [0.717, 1.165) is 13.0 Å². The lowest BCUT2D eigenvalue weighted by Crippen LogP contribution is -2.60. The second-order valence-electron chi connectivity index (χ2n) is 3.99. The monoisotopic (exact) mass is 183 g/mol. The lowest BCUT2D eigenvalue weighted by molar-refractivity contribution is -0.132. The molecule has 0 aromatic heterocycles. The van der Waals surface area contributed by atoms with E-state index in [1.807, 2.05) is 0 Å². The highest BCUT2D eigenvalue weighted by Gasteiger charge is 2.38. The van der Waals surface area contributed by atoms with Crippen LogP contribution < -0.4 is 11.3 Å². The summed E-state index contributed by atoms with van der Waals surface area (Å²) < 4.78 is 0. The van der Waals surface area contributed by atoms with Crippen molar-refractivity contribution in [3.8, 4) is 0 Å². The molecule has 1 aliphatic heterocycles. The zero-order valence-corrected chi connectivity index (χ0v) is 7.83. The van der Waals surface area contributed by atoms with E-state index < -0.39 is 0 Å². The summed E-state index contributed by atoms with van der Waals surface area (Å²) in [5.41, 5.74) is 2.24. The Kier molecular flexibility index (Phi) is 2.51. The lowest BCUT2D eigenvalue weighted by Gasteiger charge is -2.43. The minimum Gasteiger partial charge on any atom is -0.293 e. The lowest BCUT2D eigenvalue weighted by atomic mass is 9.98. The summed E-state index contributed by atoms with van der Waals surface area (Å²) in [4.78, 5) is 13.6. The molecule has 2 fully saturated rings. The van der Waals surface area contributed by atoms with Crippen LogP contribution in [0.15, 0.2) is 0 Å². The van der Waals surface area contributed by atoms with Crippen LogP contribution in [0.4, 0.5) is 0 Å². The average Bonchev–Trinajstić information content (AvgIpc) is 2.55. The van der Waals surface area contributed by atoms with E-state index in [-0.39, 0.29) is 11.9 Å². The van der Waals surface area contributed by atoms with E-state index in [1.165, 1.54) is 25.7 Å². The molecule has 0 unspecified atom stereocenters. The van der Waals surface area contributed by atoms with Crippen molar-refractivity contribution in [3.63, 3.8) is 0 Å². The van der Waals surface area contributed by atoms with Gasteiger partial charge in [-0.1, -0.05) is 12.8 Å². The number of nitrogens with one attached hydrogen (secondary N) is 1. The van der Waals surface area contributed by atoms with Gasteiger partial charge in [0.25, 0.3) is 5.91 Å². The third-order valence-electron chi connectivity index (χ3n) is 3.30. The van der Waals surface area contributed by atoms with Gasteiger partial charge >= 0.3 is 0 Å². The van der Waals surface area contributed by atoms with Crippen molar-refractivity contribution in [2.45, 2.75) is 44.2 Å². The van der Waals surface area contributed by atoms with Crippen LogP contribution in [0.3, 0.4) is 0 Å². The van der Waals surface area contributed by atoms with Gasteiger partial charge in [-0.15, -0.1) is 0 Å². The normalized spacial score (nSPS) is 30.1. The number of hydrogen-bond donors (Lipinski definition) is 2. The molecule has 0 spiro atoms. The van der Waals surface area contributed by atoms with Crippen LogP contribution >= 0.6 is 0 Å². The second-order valence-corrected chi connectivity index (χ2v) is 3.99. The molecular weight excluding hydrogens is 166 g/mol. The topological polar surface area (TPSA) is 58.4 Å². The maximum absolute atomic E-state index is 11.3. The van der Waals surface area contributed by atoms with Crippen molar-refractivity contribution in [3.05, 3.63) is 0 Å². The quantitative estimate of drug-likeness (QED) is 0.360. The Balaban J connectivity index is 1.89. The fraction of sp³-hybridized carbons (Fsp3) is 0.889. The predicted molar refractivity (Wildman–Crippen MR) is 49.7 cm³/mol. The van der Waals surface area contributed by atoms with Gasteiger partial charge in [0.2, 0.25) is 0 Å². The van der Waals surface area contributed by atoms with Crippen molar-refractivity contribution in [1.82, 2.24) is 10.3 Å². The number of rotatable bonds is 2. The van der Waals surface area contributed by atoms with Crippen LogP contribution in [-0.4, -0.2) is 29.4 Å². The molecule has 0 radical (unpaired) electrons. The molecule has 3 N–H and O–H groups in total. The van der Waals surface area contributed by atoms with Crippen LogP contribution in [0, 0.1) is 0 Å². The van der Waals surface area contributed by atoms with Crippen molar-refractivity contribution >= 4 is 5.91 Å². The molecule has 2 aliphatic rings. The zero-order chi connectivity index (χ0) is 9.26. The Hall–Kier alpha value is -0.610. The second kappa shape index (κ2) is 3.64. The summed E-state index contributed by atoms with van der Waals surface area (Å²) in [6.45, 7) is 1.07. The number of hydrogen-bond acceptors (Lipinski definition) is 3. The van der Waals surface area contributed by atoms with Gasteiger partial charge in [0.05, 0.1) is 6.04 Å². The molecule has 0 aromatic carbocycles. The van der Waals surface area contributed by atoms with Gasteiger partial charge < -0.3 is 0 Å². The summed E-state index contributed by atoms with van der Waals surface area (Å²) in [6.07, 6.45) is 6.12. The molecule has 1 saturated carbocycles. The molecule has 74 valence electrons. The fourth-order valence-electron chi connectivity index (χ4n) is 2.46. The van der Waals surface area contributed by atoms with Gasteiger partial charge in [0.15, 0.2) is 0 Å². The fourth-order valence-corrected chi connectivity index (χ4v) is 2.46. The third-order valence-corrected chi connectivity index (χ3v) is 3.30. The molecule has 0 bridgehead atoms. The molecule has 13 heavy (non-hydrogen) atoms. The van der Waals surface area contributed by atoms with E-state index >= 15 is 0 Å². The highest BCUT2D eigenvalue weighted by molar-refractivity contribution is 5.82. The number of nitrogens with two attached hydrogens (primary N) is 1. The van der Waals surface area contributed by atoms with Gasteiger partial charge in [-0.05, 0) is 19.3 Å². The molecule has 1 atom stereocenters. The SMILES string of the molecule is NNC(=O)[C@H]1CCN1C1CCCC1. The van der Waals surface area contributed by atoms with Crippen molar-refractivity contribution in [2.24, 2.45) is 5.84 Å². The predicted octanol–water partition coefficient (Wildman–Crippen LogP) is -0.00680. The van der Waals surface area contributed by atoms with Crippen molar-refractivity contribution in [1.29, 1.82) is 0 Å². The van der Waals surface area contributed by atoms with E-state index in [1.54, 1.807) is 0 Å². The first-order chi connectivity index (χ1) is 6.33. The van der Waals surface area contributed by atoms with Gasteiger partial charge in [-0.2, -0.15) is 0 Å². The van der Waals surface area contributed by atoms with Crippen LogP contribution in [0.25, 0.3) is 0 Å². The Morgan fingerprint density at radius 1 is 1.31 bits per heavy atom. The van der Waals surface area contributed by atoms with Crippen LogP contribution in [0.2, 0.25) is 0 Å². The highest BCUT2D eigenvalue weighted by atomic mass is 16.2. The van der Waals surface area contributed by atoms with Gasteiger partial charge in [-0.25, -0.2) is 5.84 Å². The first kappa shape index (κ1) is 8.97. The summed E-state index contributed by atoms with van der Waals surface area (Å²) >= 11 is 0. The number of amides is 1. The summed E-state index contributed by atoms with van der Waals surface area (Å²) in [5.74, 6) is 5.10. The summed E-state index contributed by atoms with van der Waals surface area (Å²) in [6, 6.07) is 0.712. The number of carbonyl (C=O) groups is 1. The molecule has 2 rings (SSSR count). The number of nitrogens with zero attached hydrogens (tertiary/aromatic N) is 1. The molecule has 4 heteroatoms. The molecule has 0 aromatic rings. The van der Waals surface area contributed by atoms with Gasteiger partial charge in [0.1, 0.15) is 0 Å². The Morgan fingerprint density at radius 3 is 2.46 bits per heavy atom. The third kappa shape index (κ3) is 1.56. The first-order valence-electron chi connectivity index (χ1n) is 5.09. The van der Waals surface area contributed by atoms with Crippen LogP contribution in [-0.2, 0) is 4.79 Å². The Bertz CT molecular complexity index is 201. The average molecular weight is 183 g/mol. The standard InChI is InChI=1S/C9H17N3O/c10-11-9(13)8-5-6-12(8)7-3-1-2-4-7/h7-8H,1-6,10H2,(H,11,13)/t8-/m1/s1. The van der Waals surface area contributed by atoms with Crippen molar-refractivity contribution < 1.29 is 4.79 Å².